The number of anilines is 3. The van der Waals surface area contributed by atoms with Gasteiger partial charge >= 0.3 is 0 Å². The standard InChI is InChI=1S/C34H34N6O2/c1-34(2,3)26-13-9-23(10-14-26)32(41)37-28-8-6-7-25(21-28)29-22-40-20-17-35-31(40)30(38-29)36-27-15-11-24(12-16-27)33(42)39-18-4-5-19-39/h6-17,20-22H,4-5,18-19H2,1-3H3,(H,36,38)(H,37,41). The number of likely N-dealkylation sites (tertiary alicyclic amines) is 1. The van der Waals surface area contributed by atoms with Crippen LogP contribution in [0.25, 0.3) is 16.9 Å². The highest BCUT2D eigenvalue weighted by Gasteiger charge is 2.19. The van der Waals surface area contributed by atoms with Crippen LogP contribution < -0.4 is 10.6 Å². The first kappa shape index (κ1) is 27.2. The lowest BCUT2D eigenvalue weighted by molar-refractivity contribution is 0.0792. The summed E-state index contributed by atoms with van der Waals surface area (Å²) >= 11 is 0. The molecule has 0 bridgehead atoms. The highest BCUT2D eigenvalue weighted by Crippen LogP contribution is 2.27. The molecule has 2 amide bonds. The van der Waals surface area contributed by atoms with Crippen molar-refractivity contribution >= 4 is 34.7 Å². The normalized spacial score (nSPS) is 13.4. The molecule has 0 spiro atoms. The number of hydrogen-bond acceptors (Lipinski definition) is 5. The molecule has 5 aromatic rings. The van der Waals surface area contributed by atoms with E-state index in [1.807, 2.05) is 94.5 Å². The van der Waals surface area contributed by atoms with Crippen LogP contribution in [0.15, 0.2) is 91.4 Å². The molecule has 6 rings (SSSR count). The molecule has 1 saturated heterocycles. The van der Waals surface area contributed by atoms with E-state index in [2.05, 4.69) is 36.4 Å². The Morgan fingerprint density at radius 3 is 2.29 bits per heavy atom. The maximum Gasteiger partial charge on any atom is 0.255 e. The quantitative estimate of drug-likeness (QED) is 0.236. The van der Waals surface area contributed by atoms with E-state index in [1.54, 1.807) is 6.20 Å². The molecule has 1 aliphatic rings. The maximum absolute atomic E-state index is 13.0. The molecular formula is C34H34N6O2. The second kappa shape index (κ2) is 11.1. The molecule has 212 valence electrons. The van der Waals surface area contributed by atoms with E-state index in [0.717, 1.165) is 42.9 Å². The van der Waals surface area contributed by atoms with E-state index in [1.165, 1.54) is 5.56 Å². The van der Waals surface area contributed by atoms with Gasteiger partial charge in [-0.15, -0.1) is 0 Å². The molecular weight excluding hydrogens is 524 g/mol. The van der Waals surface area contributed by atoms with Gasteiger partial charge in [-0.1, -0.05) is 45.0 Å². The van der Waals surface area contributed by atoms with Crippen LogP contribution >= 0.6 is 0 Å². The summed E-state index contributed by atoms with van der Waals surface area (Å²) in [7, 11) is 0. The predicted molar refractivity (Wildman–Crippen MR) is 166 cm³/mol. The molecule has 42 heavy (non-hydrogen) atoms. The molecule has 3 aromatic carbocycles. The first-order valence-electron chi connectivity index (χ1n) is 14.3. The summed E-state index contributed by atoms with van der Waals surface area (Å²) in [6.07, 6.45) is 7.64. The van der Waals surface area contributed by atoms with Crippen molar-refractivity contribution in [2.24, 2.45) is 0 Å². The van der Waals surface area contributed by atoms with Gasteiger partial charge in [-0.2, -0.15) is 0 Å². The number of fused-ring (bicyclic) bond motifs is 1. The summed E-state index contributed by atoms with van der Waals surface area (Å²) in [4.78, 5) is 37.0. The van der Waals surface area contributed by atoms with E-state index in [-0.39, 0.29) is 17.2 Å². The van der Waals surface area contributed by atoms with Gasteiger partial charge in [0.25, 0.3) is 11.8 Å². The van der Waals surface area contributed by atoms with E-state index >= 15 is 0 Å². The van der Waals surface area contributed by atoms with Crippen molar-refractivity contribution in [1.82, 2.24) is 19.3 Å². The number of hydrogen-bond donors (Lipinski definition) is 2. The van der Waals surface area contributed by atoms with Gasteiger partial charge in [0.2, 0.25) is 0 Å². The Morgan fingerprint density at radius 1 is 0.857 bits per heavy atom. The van der Waals surface area contributed by atoms with Crippen LogP contribution in [0, 0.1) is 0 Å². The lowest BCUT2D eigenvalue weighted by atomic mass is 9.87. The second-order valence-corrected chi connectivity index (χ2v) is 11.7. The smallest absolute Gasteiger partial charge is 0.255 e. The summed E-state index contributed by atoms with van der Waals surface area (Å²) in [5, 5.41) is 6.39. The Labute approximate surface area is 245 Å². The Kier molecular flexibility index (Phi) is 7.20. The number of nitrogens with zero attached hydrogens (tertiary/aromatic N) is 4. The predicted octanol–water partition coefficient (Wildman–Crippen LogP) is 6.93. The van der Waals surface area contributed by atoms with E-state index in [9.17, 15) is 9.59 Å². The zero-order chi connectivity index (χ0) is 29.3. The van der Waals surface area contributed by atoms with Crippen LogP contribution in [0.4, 0.5) is 17.2 Å². The van der Waals surface area contributed by atoms with Crippen LogP contribution in [-0.4, -0.2) is 44.2 Å². The lowest BCUT2D eigenvalue weighted by Crippen LogP contribution is -2.27. The van der Waals surface area contributed by atoms with Crippen LogP contribution in [0.2, 0.25) is 0 Å². The third-order valence-electron chi connectivity index (χ3n) is 7.59. The van der Waals surface area contributed by atoms with Crippen LogP contribution in [0.3, 0.4) is 0 Å². The van der Waals surface area contributed by atoms with Gasteiger partial charge in [-0.3, -0.25) is 9.59 Å². The zero-order valence-corrected chi connectivity index (χ0v) is 24.1. The van der Waals surface area contributed by atoms with Crippen molar-refractivity contribution in [1.29, 1.82) is 0 Å². The number of amides is 2. The largest absolute Gasteiger partial charge is 0.339 e. The molecule has 8 heteroatoms. The Bertz CT molecular complexity index is 1740. The summed E-state index contributed by atoms with van der Waals surface area (Å²) in [5.74, 6) is 0.493. The highest BCUT2D eigenvalue weighted by atomic mass is 16.2. The number of benzene rings is 3. The highest BCUT2D eigenvalue weighted by molar-refractivity contribution is 6.04. The molecule has 3 heterocycles. The Morgan fingerprint density at radius 2 is 1.57 bits per heavy atom. The molecule has 1 aliphatic heterocycles. The molecule has 2 N–H and O–H groups in total. The molecule has 0 unspecified atom stereocenters. The minimum Gasteiger partial charge on any atom is -0.339 e. The number of carbonyl (C=O) groups excluding carboxylic acids is 2. The maximum atomic E-state index is 13.0. The van der Waals surface area contributed by atoms with Gasteiger partial charge in [0.05, 0.1) is 5.69 Å². The van der Waals surface area contributed by atoms with Gasteiger partial charge in [-0.25, -0.2) is 9.97 Å². The average Bonchev–Trinajstić information content (AvgIpc) is 3.70. The fraction of sp³-hybridized carbons (Fsp3) is 0.235. The molecule has 0 atom stereocenters. The van der Waals surface area contributed by atoms with Crippen molar-refractivity contribution in [2.75, 3.05) is 23.7 Å². The van der Waals surface area contributed by atoms with Gasteiger partial charge < -0.3 is 19.9 Å². The van der Waals surface area contributed by atoms with Crippen molar-refractivity contribution in [3.8, 4) is 11.3 Å². The fourth-order valence-electron chi connectivity index (χ4n) is 5.17. The second-order valence-electron chi connectivity index (χ2n) is 11.7. The minimum atomic E-state index is -0.167. The van der Waals surface area contributed by atoms with Crippen molar-refractivity contribution < 1.29 is 9.59 Å². The molecule has 2 aromatic heterocycles. The molecule has 8 nitrogen and oxygen atoms in total. The van der Waals surface area contributed by atoms with E-state index < -0.39 is 0 Å². The third kappa shape index (κ3) is 5.74. The van der Waals surface area contributed by atoms with Gasteiger partial charge in [0.1, 0.15) is 0 Å². The first-order chi connectivity index (χ1) is 20.2. The average molecular weight is 559 g/mol. The molecule has 0 radical (unpaired) electrons. The minimum absolute atomic E-state index is 0.0240. The summed E-state index contributed by atoms with van der Waals surface area (Å²) < 4.78 is 1.91. The first-order valence-corrected chi connectivity index (χ1v) is 14.3. The van der Waals surface area contributed by atoms with Crippen LogP contribution in [0.1, 0.15) is 59.9 Å². The number of carbonyl (C=O) groups is 2. The van der Waals surface area contributed by atoms with Crippen molar-refractivity contribution in [2.45, 2.75) is 39.0 Å². The number of rotatable bonds is 6. The number of imidazole rings is 1. The molecule has 0 aliphatic carbocycles. The van der Waals surface area contributed by atoms with Crippen LogP contribution in [0.5, 0.6) is 0 Å². The summed E-state index contributed by atoms with van der Waals surface area (Å²) in [6.45, 7) is 8.10. The van der Waals surface area contributed by atoms with Gasteiger partial charge in [0, 0.05) is 59.7 Å². The van der Waals surface area contributed by atoms with Crippen LogP contribution in [-0.2, 0) is 5.41 Å². The number of nitrogens with one attached hydrogen (secondary N) is 2. The summed E-state index contributed by atoms with van der Waals surface area (Å²) in [6, 6.07) is 22.8. The third-order valence-corrected chi connectivity index (χ3v) is 7.59. The van der Waals surface area contributed by atoms with Gasteiger partial charge in [-0.05, 0) is 72.4 Å². The van der Waals surface area contributed by atoms with E-state index in [4.69, 9.17) is 4.98 Å². The zero-order valence-electron chi connectivity index (χ0n) is 24.1. The van der Waals surface area contributed by atoms with E-state index in [0.29, 0.717) is 28.3 Å². The Balaban J connectivity index is 1.22. The SMILES string of the molecule is CC(C)(C)c1ccc(C(=O)Nc2cccc(-c3cn4ccnc4c(Nc4ccc(C(=O)N5CCCC5)cc4)n3)c2)cc1. The van der Waals surface area contributed by atoms with Gasteiger partial charge in [0.15, 0.2) is 11.5 Å². The topological polar surface area (TPSA) is 91.6 Å². The summed E-state index contributed by atoms with van der Waals surface area (Å²) in [5.41, 5.74) is 6.22. The van der Waals surface area contributed by atoms with Crippen molar-refractivity contribution in [3.05, 3.63) is 108 Å². The monoisotopic (exact) mass is 558 g/mol. The number of aromatic nitrogens is 3. The molecule has 0 saturated carbocycles. The van der Waals surface area contributed by atoms with Crippen molar-refractivity contribution in [3.63, 3.8) is 0 Å². The Hall–Kier alpha value is -4.98. The molecule has 1 fully saturated rings. The lowest BCUT2D eigenvalue weighted by Gasteiger charge is -2.19. The fourth-order valence-corrected chi connectivity index (χ4v) is 5.17.